The van der Waals surface area contributed by atoms with Crippen LogP contribution in [0.15, 0.2) is 18.3 Å². The monoisotopic (exact) mass is 226 g/mol. The van der Waals surface area contributed by atoms with Gasteiger partial charge in [0.2, 0.25) is 0 Å². The molecule has 0 spiro atoms. The van der Waals surface area contributed by atoms with Crippen LogP contribution in [0.25, 0.3) is 0 Å². The van der Waals surface area contributed by atoms with E-state index < -0.39 is 0 Å². The van der Waals surface area contributed by atoms with Gasteiger partial charge in [0.15, 0.2) is 0 Å². The van der Waals surface area contributed by atoms with Crippen LogP contribution in [0.3, 0.4) is 0 Å². The number of pyridine rings is 1. The number of hydrogen-bond acceptors (Lipinski definition) is 3. The SMILES string of the molecule is CC(c1ccnc(Cl)c1)N1CCOCC1. The van der Waals surface area contributed by atoms with Crippen molar-refractivity contribution in [2.45, 2.75) is 13.0 Å². The highest BCUT2D eigenvalue weighted by molar-refractivity contribution is 6.29. The molecule has 1 unspecified atom stereocenters. The summed E-state index contributed by atoms with van der Waals surface area (Å²) in [6, 6.07) is 4.34. The van der Waals surface area contributed by atoms with Gasteiger partial charge in [0.1, 0.15) is 5.15 Å². The molecule has 0 saturated carbocycles. The molecule has 0 amide bonds. The molecule has 4 heteroatoms. The fourth-order valence-electron chi connectivity index (χ4n) is 1.85. The summed E-state index contributed by atoms with van der Waals surface area (Å²) in [4.78, 5) is 6.39. The minimum absolute atomic E-state index is 0.384. The van der Waals surface area contributed by atoms with Crippen LogP contribution in [0, 0.1) is 0 Å². The Hall–Kier alpha value is -0.640. The highest BCUT2D eigenvalue weighted by Crippen LogP contribution is 2.22. The molecule has 0 aliphatic carbocycles. The van der Waals surface area contributed by atoms with E-state index in [1.54, 1.807) is 6.20 Å². The van der Waals surface area contributed by atoms with Crippen molar-refractivity contribution >= 4 is 11.6 Å². The zero-order valence-electron chi connectivity index (χ0n) is 8.82. The quantitative estimate of drug-likeness (QED) is 0.723. The van der Waals surface area contributed by atoms with E-state index in [2.05, 4.69) is 16.8 Å². The topological polar surface area (TPSA) is 25.4 Å². The van der Waals surface area contributed by atoms with Crippen LogP contribution in [-0.2, 0) is 4.74 Å². The maximum absolute atomic E-state index is 5.87. The Bertz CT molecular complexity index is 326. The number of hydrogen-bond donors (Lipinski definition) is 0. The average Bonchev–Trinajstić information content (AvgIpc) is 2.29. The molecule has 0 bridgehead atoms. The third kappa shape index (κ3) is 2.68. The number of nitrogens with zero attached hydrogens (tertiary/aromatic N) is 2. The van der Waals surface area contributed by atoms with Crippen LogP contribution < -0.4 is 0 Å². The largest absolute Gasteiger partial charge is 0.379 e. The number of aromatic nitrogens is 1. The summed E-state index contributed by atoms with van der Waals surface area (Å²) in [5, 5.41) is 0.563. The maximum Gasteiger partial charge on any atom is 0.129 e. The number of rotatable bonds is 2. The molecule has 1 saturated heterocycles. The summed E-state index contributed by atoms with van der Waals surface area (Å²) >= 11 is 5.87. The van der Waals surface area contributed by atoms with Crippen molar-refractivity contribution in [1.29, 1.82) is 0 Å². The summed E-state index contributed by atoms with van der Waals surface area (Å²) in [6.45, 7) is 5.81. The third-order valence-corrected chi connectivity index (χ3v) is 3.03. The molecule has 1 aliphatic heterocycles. The zero-order chi connectivity index (χ0) is 10.7. The van der Waals surface area contributed by atoms with Gasteiger partial charge in [-0.3, -0.25) is 4.90 Å². The van der Waals surface area contributed by atoms with E-state index >= 15 is 0 Å². The van der Waals surface area contributed by atoms with Crippen LogP contribution >= 0.6 is 11.6 Å². The van der Waals surface area contributed by atoms with Gasteiger partial charge >= 0.3 is 0 Å². The second-order valence-electron chi connectivity index (χ2n) is 3.74. The van der Waals surface area contributed by atoms with Crippen molar-refractivity contribution in [3.63, 3.8) is 0 Å². The molecule has 0 aromatic carbocycles. The lowest BCUT2D eigenvalue weighted by Gasteiger charge is -2.32. The Morgan fingerprint density at radius 2 is 2.20 bits per heavy atom. The first-order valence-electron chi connectivity index (χ1n) is 5.20. The fourth-order valence-corrected chi connectivity index (χ4v) is 2.04. The molecule has 1 atom stereocenters. The predicted octanol–water partition coefficient (Wildman–Crippen LogP) is 2.13. The molecule has 0 N–H and O–H groups in total. The zero-order valence-corrected chi connectivity index (χ0v) is 9.57. The maximum atomic E-state index is 5.87. The first-order chi connectivity index (χ1) is 7.27. The van der Waals surface area contributed by atoms with Crippen molar-refractivity contribution in [3.8, 4) is 0 Å². The normalized spacial score (nSPS) is 20.1. The lowest BCUT2D eigenvalue weighted by molar-refractivity contribution is 0.0198. The highest BCUT2D eigenvalue weighted by Gasteiger charge is 2.18. The molecule has 2 heterocycles. The first-order valence-corrected chi connectivity index (χ1v) is 5.58. The van der Waals surface area contributed by atoms with Crippen molar-refractivity contribution in [3.05, 3.63) is 29.0 Å². The number of morpholine rings is 1. The lowest BCUT2D eigenvalue weighted by Crippen LogP contribution is -2.38. The molecule has 82 valence electrons. The van der Waals surface area contributed by atoms with Gasteiger partial charge in [-0.25, -0.2) is 4.98 Å². The lowest BCUT2D eigenvalue weighted by atomic mass is 10.1. The summed E-state index contributed by atoms with van der Waals surface area (Å²) in [7, 11) is 0. The molecular weight excluding hydrogens is 212 g/mol. The molecule has 1 fully saturated rings. The third-order valence-electron chi connectivity index (χ3n) is 2.83. The molecule has 3 nitrogen and oxygen atoms in total. The van der Waals surface area contributed by atoms with E-state index in [4.69, 9.17) is 16.3 Å². The Morgan fingerprint density at radius 3 is 2.87 bits per heavy atom. The van der Waals surface area contributed by atoms with Gasteiger partial charge in [0, 0.05) is 25.3 Å². The van der Waals surface area contributed by atoms with Gasteiger partial charge in [-0.05, 0) is 24.6 Å². The van der Waals surface area contributed by atoms with E-state index in [0.29, 0.717) is 11.2 Å². The first kappa shape index (κ1) is 10.9. The summed E-state index contributed by atoms with van der Waals surface area (Å²) in [5.41, 5.74) is 1.22. The average molecular weight is 227 g/mol. The number of halogens is 1. The van der Waals surface area contributed by atoms with E-state index in [1.807, 2.05) is 12.1 Å². The van der Waals surface area contributed by atoms with E-state index in [9.17, 15) is 0 Å². The Balaban J connectivity index is 2.08. The fraction of sp³-hybridized carbons (Fsp3) is 0.545. The van der Waals surface area contributed by atoms with Crippen LogP contribution in [0.2, 0.25) is 5.15 Å². The van der Waals surface area contributed by atoms with Gasteiger partial charge < -0.3 is 4.74 Å². The Morgan fingerprint density at radius 1 is 1.47 bits per heavy atom. The minimum Gasteiger partial charge on any atom is -0.379 e. The van der Waals surface area contributed by atoms with Gasteiger partial charge in [0.25, 0.3) is 0 Å². The Kier molecular flexibility index (Phi) is 3.57. The minimum atomic E-state index is 0.384. The Labute approximate surface area is 95.0 Å². The predicted molar refractivity (Wildman–Crippen MR) is 60.1 cm³/mol. The molecule has 1 aliphatic rings. The summed E-state index contributed by atoms with van der Waals surface area (Å²) in [6.07, 6.45) is 1.76. The van der Waals surface area contributed by atoms with Crippen molar-refractivity contribution in [1.82, 2.24) is 9.88 Å². The molecule has 2 rings (SSSR count). The molecule has 0 radical (unpaired) electrons. The van der Waals surface area contributed by atoms with Crippen LogP contribution in [0.1, 0.15) is 18.5 Å². The molecule has 1 aromatic rings. The van der Waals surface area contributed by atoms with Crippen molar-refractivity contribution in [2.24, 2.45) is 0 Å². The van der Waals surface area contributed by atoms with Crippen LogP contribution in [0.5, 0.6) is 0 Å². The summed E-state index contributed by atoms with van der Waals surface area (Å²) < 4.78 is 5.33. The smallest absolute Gasteiger partial charge is 0.129 e. The molecule has 15 heavy (non-hydrogen) atoms. The number of ether oxygens (including phenoxy) is 1. The standard InChI is InChI=1S/C11H15ClN2O/c1-9(14-4-6-15-7-5-14)10-2-3-13-11(12)8-10/h2-3,8-9H,4-7H2,1H3. The van der Waals surface area contributed by atoms with E-state index in [1.165, 1.54) is 5.56 Å². The van der Waals surface area contributed by atoms with Gasteiger partial charge in [-0.2, -0.15) is 0 Å². The second-order valence-corrected chi connectivity index (χ2v) is 4.12. The second kappa shape index (κ2) is 4.92. The van der Waals surface area contributed by atoms with E-state index in [0.717, 1.165) is 26.3 Å². The summed E-state index contributed by atoms with van der Waals surface area (Å²) in [5.74, 6) is 0. The van der Waals surface area contributed by atoms with Gasteiger partial charge in [-0.1, -0.05) is 11.6 Å². The molecule has 1 aromatic heterocycles. The molecular formula is C11H15ClN2O. The highest BCUT2D eigenvalue weighted by atomic mass is 35.5. The van der Waals surface area contributed by atoms with Crippen molar-refractivity contribution in [2.75, 3.05) is 26.3 Å². The van der Waals surface area contributed by atoms with Gasteiger partial charge in [0.05, 0.1) is 13.2 Å². The van der Waals surface area contributed by atoms with Gasteiger partial charge in [-0.15, -0.1) is 0 Å². The van der Waals surface area contributed by atoms with E-state index in [-0.39, 0.29) is 0 Å². The van der Waals surface area contributed by atoms with Crippen LogP contribution in [-0.4, -0.2) is 36.2 Å². The van der Waals surface area contributed by atoms with Crippen molar-refractivity contribution < 1.29 is 4.74 Å². The van der Waals surface area contributed by atoms with Crippen LogP contribution in [0.4, 0.5) is 0 Å².